The summed E-state index contributed by atoms with van der Waals surface area (Å²) in [5.74, 6) is 2.30. The largest absolute Gasteiger partial charge is 0.497 e. The van der Waals surface area contributed by atoms with E-state index >= 15 is 0 Å². The number of carbonyl (C=O) groups excluding carboxylic acids is 2. The van der Waals surface area contributed by atoms with Gasteiger partial charge in [0.15, 0.2) is 0 Å². The van der Waals surface area contributed by atoms with Crippen LogP contribution in [0.1, 0.15) is 28.9 Å². The van der Waals surface area contributed by atoms with Gasteiger partial charge in [-0.3, -0.25) is 4.79 Å². The molecule has 0 aromatic heterocycles. The lowest BCUT2D eigenvalue weighted by Gasteiger charge is -2.35. The van der Waals surface area contributed by atoms with Crippen LogP contribution in [0.25, 0.3) is 0 Å². The fourth-order valence-electron chi connectivity index (χ4n) is 3.79. The Bertz CT molecular complexity index is 988. The van der Waals surface area contributed by atoms with E-state index < -0.39 is 0 Å². The Kier molecular flexibility index (Phi) is 7.87. The van der Waals surface area contributed by atoms with Gasteiger partial charge in [-0.15, -0.1) is 0 Å². The van der Waals surface area contributed by atoms with Crippen molar-refractivity contribution in [3.8, 4) is 23.0 Å². The summed E-state index contributed by atoms with van der Waals surface area (Å²) >= 11 is 0. The van der Waals surface area contributed by atoms with Crippen LogP contribution in [0.4, 0.5) is 4.79 Å². The van der Waals surface area contributed by atoms with Crippen molar-refractivity contribution in [1.82, 2.24) is 15.1 Å². The average molecular weight is 458 g/mol. The Morgan fingerprint density at radius 2 is 1.36 bits per heavy atom. The van der Waals surface area contributed by atoms with Gasteiger partial charge in [-0.05, 0) is 37.3 Å². The van der Waals surface area contributed by atoms with E-state index in [0.29, 0.717) is 54.7 Å². The van der Waals surface area contributed by atoms with Gasteiger partial charge in [0.25, 0.3) is 5.91 Å². The van der Waals surface area contributed by atoms with Gasteiger partial charge in [-0.2, -0.15) is 0 Å². The van der Waals surface area contributed by atoms with E-state index in [2.05, 4.69) is 5.32 Å². The van der Waals surface area contributed by atoms with E-state index in [1.807, 2.05) is 25.1 Å². The Balaban J connectivity index is 1.61. The van der Waals surface area contributed by atoms with Gasteiger partial charge in [0, 0.05) is 37.8 Å². The second-order valence-corrected chi connectivity index (χ2v) is 7.62. The standard InChI is InChI=1S/C24H31N3O6/c1-16(20-14-17(30-2)7-9-21(20)32-4)25-24(29)27-12-10-26(11-13-27)23(28)19-8-6-18(31-3)15-22(19)33-5/h6-9,14-16H,10-13H2,1-5H3,(H,25,29). The summed E-state index contributed by atoms with van der Waals surface area (Å²) in [4.78, 5) is 29.3. The lowest BCUT2D eigenvalue weighted by atomic mass is 10.1. The summed E-state index contributed by atoms with van der Waals surface area (Å²) in [5.41, 5.74) is 1.29. The highest BCUT2D eigenvalue weighted by Crippen LogP contribution is 2.29. The molecule has 178 valence electrons. The molecule has 1 fully saturated rings. The summed E-state index contributed by atoms with van der Waals surface area (Å²) in [7, 11) is 6.27. The van der Waals surface area contributed by atoms with Crippen molar-refractivity contribution in [3.05, 3.63) is 47.5 Å². The van der Waals surface area contributed by atoms with Crippen molar-refractivity contribution in [3.63, 3.8) is 0 Å². The first-order valence-electron chi connectivity index (χ1n) is 10.7. The number of ether oxygens (including phenoxy) is 4. The molecule has 0 aliphatic carbocycles. The molecular weight excluding hydrogens is 426 g/mol. The van der Waals surface area contributed by atoms with Gasteiger partial charge in [-0.1, -0.05) is 0 Å². The molecule has 2 aromatic rings. The van der Waals surface area contributed by atoms with Crippen molar-refractivity contribution in [2.75, 3.05) is 54.6 Å². The minimum Gasteiger partial charge on any atom is -0.497 e. The topological polar surface area (TPSA) is 89.6 Å². The number of nitrogens with one attached hydrogen (secondary N) is 1. The highest BCUT2D eigenvalue weighted by Gasteiger charge is 2.27. The van der Waals surface area contributed by atoms with Gasteiger partial charge in [0.05, 0.1) is 40.0 Å². The molecule has 1 saturated heterocycles. The molecule has 3 rings (SSSR count). The summed E-state index contributed by atoms with van der Waals surface area (Å²) in [5, 5.41) is 3.01. The fourth-order valence-corrected chi connectivity index (χ4v) is 3.79. The normalized spacial score (nSPS) is 14.3. The zero-order valence-corrected chi connectivity index (χ0v) is 19.7. The monoisotopic (exact) mass is 457 g/mol. The molecule has 0 radical (unpaired) electrons. The van der Waals surface area contributed by atoms with Crippen LogP contribution in [0.15, 0.2) is 36.4 Å². The van der Waals surface area contributed by atoms with E-state index in [0.717, 1.165) is 5.56 Å². The first-order chi connectivity index (χ1) is 15.9. The minimum atomic E-state index is -0.286. The molecule has 1 atom stereocenters. The number of carbonyl (C=O) groups is 2. The van der Waals surface area contributed by atoms with Crippen molar-refractivity contribution in [1.29, 1.82) is 0 Å². The Morgan fingerprint density at radius 3 is 1.97 bits per heavy atom. The molecule has 1 N–H and O–H groups in total. The van der Waals surface area contributed by atoms with Crippen LogP contribution in [-0.2, 0) is 0 Å². The van der Waals surface area contributed by atoms with E-state index in [4.69, 9.17) is 18.9 Å². The molecule has 1 heterocycles. The van der Waals surface area contributed by atoms with Crippen LogP contribution in [0.3, 0.4) is 0 Å². The average Bonchev–Trinajstić information content (AvgIpc) is 2.87. The van der Waals surface area contributed by atoms with E-state index in [1.54, 1.807) is 49.3 Å². The zero-order valence-electron chi connectivity index (χ0n) is 19.7. The number of hydrogen-bond acceptors (Lipinski definition) is 6. The number of rotatable bonds is 7. The Labute approximate surface area is 194 Å². The molecule has 0 saturated carbocycles. The second kappa shape index (κ2) is 10.8. The molecule has 0 bridgehead atoms. The summed E-state index contributed by atoms with van der Waals surface area (Å²) in [6.45, 7) is 3.61. The maximum Gasteiger partial charge on any atom is 0.317 e. The molecule has 2 aromatic carbocycles. The summed E-state index contributed by atoms with van der Waals surface area (Å²) in [6.07, 6.45) is 0. The highest BCUT2D eigenvalue weighted by atomic mass is 16.5. The predicted molar refractivity (Wildman–Crippen MR) is 124 cm³/mol. The number of hydrogen-bond donors (Lipinski definition) is 1. The van der Waals surface area contributed by atoms with Crippen molar-refractivity contribution >= 4 is 11.9 Å². The van der Waals surface area contributed by atoms with Crippen LogP contribution in [-0.4, -0.2) is 76.4 Å². The van der Waals surface area contributed by atoms with Crippen LogP contribution in [0, 0.1) is 0 Å². The molecule has 9 nitrogen and oxygen atoms in total. The molecule has 1 aliphatic heterocycles. The van der Waals surface area contributed by atoms with Gasteiger partial charge in [0.1, 0.15) is 23.0 Å². The number of methoxy groups -OCH3 is 4. The van der Waals surface area contributed by atoms with Crippen LogP contribution in [0.2, 0.25) is 0 Å². The van der Waals surface area contributed by atoms with E-state index in [1.165, 1.54) is 7.11 Å². The number of amides is 3. The van der Waals surface area contributed by atoms with E-state index in [9.17, 15) is 9.59 Å². The second-order valence-electron chi connectivity index (χ2n) is 7.62. The van der Waals surface area contributed by atoms with Gasteiger partial charge in [-0.25, -0.2) is 4.79 Å². The number of urea groups is 1. The first-order valence-corrected chi connectivity index (χ1v) is 10.7. The fraction of sp³-hybridized carbons (Fsp3) is 0.417. The lowest BCUT2D eigenvalue weighted by molar-refractivity contribution is 0.0660. The van der Waals surface area contributed by atoms with Gasteiger partial charge in [0.2, 0.25) is 0 Å². The third-order valence-corrected chi connectivity index (χ3v) is 5.74. The molecule has 9 heteroatoms. The summed E-state index contributed by atoms with van der Waals surface area (Å²) < 4.78 is 21.3. The van der Waals surface area contributed by atoms with Crippen molar-refractivity contribution < 1.29 is 28.5 Å². The summed E-state index contributed by atoms with van der Waals surface area (Å²) in [6, 6.07) is 10.1. The molecule has 33 heavy (non-hydrogen) atoms. The van der Waals surface area contributed by atoms with E-state index in [-0.39, 0.29) is 18.0 Å². The number of piperazine rings is 1. The smallest absolute Gasteiger partial charge is 0.317 e. The molecule has 1 unspecified atom stereocenters. The number of benzene rings is 2. The molecule has 3 amide bonds. The Hall–Kier alpha value is -3.62. The number of nitrogens with zero attached hydrogens (tertiary/aromatic N) is 2. The maximum atomic E-state index is 13.0. The zero-order chi connectivity index (χ0) is 24.0. The first kappa shape index (κ1) is 24.0. The van der Waals surface area contributed by atoms with Crippen LogP contribution < -0.4 is 24.3 Å². The van der Waals surface area contributed by atoms with Crippen molar-refractivity contribution in [2.45, 2.75) is 13.0 Å². The third kappa shape index (κ3) is 5.42. The SMILES string of the molecule is COc1ccc(C(=O)N2CCN(C(=O)NC(C)c3cc(OC)ccc3OC)CC2)c(OC)c1. The third-order valence-electron chi connectivity index (χ3n) is 5.74. The van der Waals surface area contributed by atoms with Crippen molar-refractivity contribution in [2.24, 2.45) is 0 Å². The van der Waals surface area contributed by atoms with Gasteiger partial charge < -0.3 is 34.1 Å². The van der Waals surface area contributed by atoms with Crippen LogP contribution >= 0.6 is 0 Å². The minimum absolute atomic E-state index is 0.135. The quantitative estimate of drug-likeness (QED) is 0.688. The molecule has 0 spiro atoms. The highest BCUT2D eigenvalue weighted by molar-refractivity contribution is 5.97. The van der Waals surface area contributed by atoms with Crippen LogP contribution in [0.5, 0.6) is 23.0 Å². The Morgan fingerprint density at radius 1 is 0.788 bits per heavy atom. The van der Waals surface area contributed by atoms with Gasteiger partial charge >= 0.3 is 6.03 Å². The molecule has 1 aliphatic rings. The maximum absolute atomic E-state index is 13.0. The molecular formula is C24H31N3O6. The lowest BCUT2D eigenvalue weighted by Crippen LogP contribution is -2.53. The predicted octanol–water partition coefficient (Wildman–Crippen LogP) is 2.95.